The molecule has 3 rings (SSSR count). The number of aromatic nitrogens is 2. The summed E-state index contributed by atoms with van der Waals surface area (Å²) < 4.78 is 32.5. The number of anilines is 1. The van der Waals surface area contributed by atoms with Crippen molar-refractivity contribution in [3.8, 4) is 0 Å². The van der Waals surface area contributed by atoms with Crippen LogP contribution in [0, 0.1) is 5.92 Å². The minimum atomic E-state index is -3.65. The lowest BCUT2D eigenvalue weighted by atomic mass is 10.0. The summed E-state index contributed by atoms with van der Waals surface area (Å²) in [6.45, 7) is 3.68. The topological polar surface area (TPSA) is 110 Å². The smallest absolute Gasteiger partial charge is 0.328 e. The number of para-hydroxylation sites is 1. The number of sulfonamides is 1. The van der Waals surface area contributed by atoms with Crippen LogP contribution in [0.3, 0.4) is 0 Å². The molecule has 1 atom stereocenters. The second-order valence-electron chi connectivity index (χ2n) is 7.60. The van der Waals surface area contributed by atoms with Gasteiger partial charge < -0.3 is 10.1 Å². The van der Waals surface area contributed by atoms with Gasteiger partial charge in [0.15, 0.2) is 0 Å². The first kappa shape index (κ1) is 23.9. The van der Waals surface area contributed by atoms with Crippen LogP contribution in [0.5, 0.6) is 0 Å². The number of rotatable bonds is 9. The number of hydrogen-bond donors (Lipinski definition) is 2. The summed E-state index contributed by atoms with van der Waals surface area (Å²) in [5, 5.41) is 4.32. The van der Waals surface area contributed by atoms with Crippen molar-refractivity contribution in [2.45, 2.75) is 32.2 Å². The fourth-order valence-corrected chi connectivity index (χ4v) is 4.44. The van der Waals surface area contributed by atoms with Crippen LogP contribution in [-0.4, -0.2) is 37.5 Å². The van der Waals surface area contributed by atoms with Gasteiger partial charge in [0.2, 0.25) is 10.0 Å². The molecule has 0 saturated carbocycles. The van der Waals surface area contributed by atoms with Crippen molar-refractivity contribution in [3.05, 3.63) is 64.9 Å². The SMILES string of the molecule is COC(=O)[C@@H](Nc1nc(CNS(=O)(=O)Cc2cccc(Cl)c2)nc2ccccc12)C(C)C. The van der Waals surface area contributed by atoms with Gasteiger partial charge in [0.25, 0.3) is 0 Å². The zero-order valence-electron chi connectivity index (χ0n) is 18.0. The van der Waals surface area contributed by atoms with E-state index in [1.807, 2.05) is 32.0 Å². The molecule has 0 spiro atoms. The highest BCUT2D eigenvalue weighted by atomic mass is 35.5. The number of halogens is 1. The maximum atomic E-state index is 12.5. The molecule has 8 nitrogen and oxygen atoms in total. The molecule has 2 aromatic carbocycles. The molecule has 1 aromatic heterocycles. The maximum absolute atomic E-state index is 12.5. The second-order valence-corrected chi connectivity index (χ2v) is 9.85. The van der Waals surface area contributed by atoms with E-state index in [0.717, 1.165) is 0 Å². The molecular formula is C22H25ClN4O4S. The number of methoxy groups -OCH3 is 1. The van der Waals surface area contributed by atoms with Crippen LogP contribution in [0.15, 0.2) is 48.5 Å². The molecule has 0 aliphatic rings. The van der Waals surface area contributed by atoms with Crippen LogP contribution in [0.25, 0.3) is 10.9 Å². The number of nitrogens with zero attached hydrogens (tertiary/aromatic N) is 2. The maximum Gasteiger partial charge on any atom is 0.328 e. The molecule has 0 amide bonds. The number of ether oxygens (including phenoxy) is 1. The highest BCUT2D eigenvalue weighted by Gasteiger charge is 2.24. The van der Waals surface area contributed by atoms with E-state index in [0.29, 0.717) is 27.3 Å². The number of benzene rings is 2. The van der Waals surface area contributed by atoms with Gasteiger partial charge in [-0.2, -0.15) is 0 Å². The van der Waals surface area contributed by atoms with E-state index in [2.05, 4.69) is 20.0 Å². The summed E-state index contributed by atoms with van der Waals surface area (Å²) in [6.07, 6.45) is 0. The first-order valence-corrected chi connectivity index (χ1v) is 12.0. The molecule has 0 aliphatic carbocycles. The van der Waals surface area contributed by atoms with Crippen molar-refractivity contribution in [2.75, 3.05) is 12.4 Å². The Kier molecular flexibility index (Phi) is 7.65. The molecule has 1 heterocycles. The van der Waals surface area contributed by atoms with Crippen LogP contribution >= 0.6 is 11.6 Å². The largest absolute Gasteiger partial charge is 0.467 e. The van der Waals surface area contributed by atoms with Crippen molar-refractivity contribution >= 4 is 44.3 Å². The van der Waals surface area contributed by atoms with Gasteiger partial charge in [0, 0.05) is 10.4 Å². The highest BCUT2D eigenvalue weighted by molar-refractivity contribution is 7.88. The summed E-state index contributed by atoms with van der Waals surface area (Å²) in [5.41, 5.74) is 1.20. The third-order valence-corrected chi connectivity index (χ3v) is 6.29. The molecule has 0 saturated heterocycles. The average molecular weight is 477 g/mol. The van der Waals surface area contributed by atoms with Crippen molar-refractivity contribution in [1.29, 1.82) is 0 Å². The molecule has 0 unspecified atom stereocenters. The number of fused-ring (bicyclic) bond motifs is 1. The van der Waals surface area contributed by atoms with Crippen LogP contribution in [0.4, 0.5) is 5.82 Å². The van der Waals surface area contributed by atoms with Gasteiger partial charge in [-0.05, 0) is 35.7 Å². The Balaban J connectivity index is 1.85. The Morgan fingerprint density at radius 3 is 2.56 bits per heavy atom. The van der Waals surface area contributed by atoms with Gasteiger partial charge in [0.05, 0.1) is 24.9 Å². The number of esters is 1. The van der Waals surface area contributed by atoms with E-state index in [9.17, 15) is 13.2 Å². The standard InChI is InChI=1S/C22H25ClN4O4S/c1-14(2)20(22(28)31-3)27-21-17-9-4-5-10-18(17)25-19(26-21)12-24-32(29,30)13-15-7-6-8-16(23)11-15/h4-11,14,20,24H,12-13H2,1-3H3,(H,25,26,27)/t20-/m0/s1. The molecule has 3 aromatic rings. The predicted molar refractivity (Wildman–Crippen MR) is 125 cm³/mol. The van der Waals surface area contributed by atoms with E-state index < -0.39 is 22.0 Å². The molecular weight excluding hydrogens is 452 g/mol. The molecule has 0 bridgehead atoms. The van der Waals surface area contributed by atoms with Gasteiger partial charge in [-0.1, -0.05) is 49.7 Å². The Morgan fingerprint density at radius 2 is 1.88 bits per heavy atom. The van der Waals surface area contributed by atoms with Crippen molar-refractivity contribution < 1.29 is 17.9 Å². The zero-order valence-corrected chi connectivity index (χ0v) is 19.6. The van der Waals surface area contributed by atoms with Gasteiger partial charge in [0.1, 0.15) is 17.7 Å². The van der Waals surface area contributed by atoms with E-state index in [-0.39, 0.29) is 24.0 Å². The Morgan fingerprint density at radius 1 is 1.12 bits per heavy atom. The summed E-state index contributed by atoms with van der Waals surface area (Å²) >= 11 is 5.94. The lowest BCUT2D eigenvalue weighted by Crippen LogP contribution is -2.36. The van der Waals surface area contributed by atoms with Gasteiger partial charge in [-0.25, -0.2) is 27.9 Å². The van der Waals surface area contributed by atoms with Crippen LogP contribution < -0.4 is 10.0 Å². The summed E-state index contributed by atoms with van der Waals surface area (Å²) in [7, 11) is -2.32. The number of carbonyl (C=O) groups is 1. The van der Waals surface area contributed by atoms with E-state index >= 15 is 0 Å². The fourth-order valence-electron chi connectivity index (χ4n) is 3.16. The minimum Gasteiger partial charge on any atom is -0.467 e. The Hall–Kier alpha value is -2.75. The van der Waals surface area contributed by atoms with Crippen LogP contribution in [0.2, 0.25) is 5.02 Å². The first-order valence-electron chi connectivity index (χ1n) is 10.0. The normalized spacial score (nSPS) is 12.7. The molecule has 170 valence electrons. The molecule has 0 aliphatic heterocycles. The number of carbonyl (C=O) groups excluding carboxylic acids is 1. The molecule has 0 radical (unpaired) electrons. The highest BCUT2D eigenvalue weighted by Crippen LogP contribution is 2.23. The number of hydrogen-bond acceptors (Lipinski definition) is 7. The first-order chi connectivity index (χ1) is 15.2. The van der Waals surface area contributed by atoms with E-state index in [1.165, 1.54) is 7.11 Å². The lowest BCUT2D eigenvalue weighted by molar-refractivity contribution is -0.142. The lowest BCUT2D eigenvalue weighted by Gasteiger charge is -2.21. The molecule has 0 fully saturated rings. The van der Waals surface area contributed by atoms with Gasteiger partial charge in [-0.3, -0.25) is 0 Å². The monoisotopic (exact) mass is 476 g/mol. The molecule has 2 N–H and O–H groups in total. The van der Waals surface area contributed by atoms with E-state index in [4.69, 9.17) is 16.3 Å². The fraction of sp³-hybridized carbons (Fsp3) is 0.318. The summed E-state index contributed by atoms with van der Waals surface area (Å²) in [6, 6.07) is 13.4. The van der Waals surface area contributed by atoms with Crippen LogP contribution in [-0.2, 0) is 31.9 Å². The quantitative estimate of drug-likeness (QED) is 0.454. The third-order valence-electron chi connectivity index (χ3n) is 4.76. The zero-order chi connectivity index (χ0) is 23.3. The molecule has 10 heteroatoms. The second kappa shape index (κ2) is 10.2. The van der Waals surface area contributed by atoms with Gasteiger partial charge >= 0.3 is 5.97 Å². The molecule has 32 heavy (non-hydrogen) atoms. The van der Waals surface area contributed by atoms with E-state index in [1.54, 1.807) is 30.3 Å². The predicted octanol–water partition coefficient (Wildman–Crippen LogP) is 3.51. The Bertz CT molecular complexity index is 1220. The van der Waals surface area contributed by atoms with Crippen molar-refractivity contribution in [2.24, 2.45) is 5.92 Å². The minimum absolute atomic E-state index is 0.0594. The Labute approximate surface area is 192 Å². The number of nitrogens with one attached hydrogen (secondary N) is 2. The summed E-state index contributed by atoms with van der Waals surface area (Å²) in [4.78, 5) is 21.2. The van der Waals surface area contributed by atoms with Gasteiger partial charge in [-0.15, -0.1) is 0 Å². The van der Waals surface area contributed by atoms with Crippen molar-refractivity contribution in [3.63, 3.8) is 0 Å². The third kappa shape index (κ3) is 6.15. The average Bonchev–Trinajstić information content (AvgIpc) is 2.75. The van der Waals surface area contributed by atoms with Crippen molar-refractivity contribution in [1.82, 2.24) is 14.7 Å². The van der Waals surface area contributed by atoms with Crippen LogP contribution in [0.1, 0.15) is 25.2 Å². The summed E-state index contributed by atoms with van der Waals surface area (Å²) in [5.74, 6) is 0.0172.